The van der Waals surface area contributed by atoms with Gasteiger partial charge in [-0.15, -0.1) is 0 Å². The highest BCUT2D eigenvalue weighted by Crippen LogP contribution is 2.53. The fourth-order valence-corrected chi connectivity index (χ4v) is 10.9. The van der Waals surface area contributed by atoms with Gasteiger partial charge in [0.1, 0.15) is 0 Å². The molecule has 0 N–H and O–H groups in total. The van der Waals surface area contributed by atoms with Gasteiger partial charge in [0.25, 0.3) is 0 Å². The molecule has 0 atom stereocenters. The molecule has 13 aromatic rings. The molecular formula is C58H45N3. The molecule has 4 heterocycles. The van der Waals surface area contributed by atoms with Gasteiger partial charge in [-0.1, -0.05) is 133 Å². The zero-order valence-corrected chi connectivity index (χ0v) is 35.4. The largest absolute Gasteiger partial charge is 0.308 e. The third kappa shape index (κ3) is 4.58. The van der Waals surface area contributed by atoms with Crippen LogP contribution < -0.4 is 4.90 Å². The van der Waals surface area contributed by atoms with Gasteiger partial charge >= 0.3 is 0 Å². The van der Waals surface area contributed by atoms with Crippen LogP contribution in [0.5, 0.6) is 0 Å². The Bertz CT molecular complexity index is 3890. The number of rotatable bonds is 3. The Kier molecular flexibility index (Phi) is 6.72. The second kappa shape index (κ2) is 11.8. The van der Waals surface area contributed by atoms with E-state index in [9.17, 15) is 0 Å². The molecule has 0 aliphatic heterocycles. The normalized spacial score (nSPS) is 13.1. The molecule has 0 unspecified atom stereocenters. The van der Waals surface area contributed by atoms with E-state index in [4.69, 9.17) is 0 Å². The van der Waals surface area contributed by atoms with E-state index in [0.717, 1.165) is 11.4 Å². The molecular weight excluding hydrogens is 739 g/mol. The number of aromatic nitrogens is 2. The standard InChI is InChI=1S/C58H45N3/c1-57(2,3)36-25-26-46-42(31-36)43-29-34-17-13-15-23-40(34)50-52-47(60(46)55(43)50)27-28-48-53(52)51-41-24-16-14-18-35(41)30-44-45-32-37(58(4,5)6)33-49(54(45)61(48)56(44)51)59(38-19-9-7-10-20-38)39-21-11-8-12-22-39/h7-33H,1-6H3. The first-order valence-corrected chi connectivity index (χ1v) is 21.7. The maximum atomic E-state index is 2.63. The Hall–Kier alpha value is -7.10. The second-order valence-corrected chi connectivity index (χ2v) is 19.4. The van der Waals surface area contributed by atoms with Gasteiger partial charge in [-0.3, -0.25) is 0 Å². The first-order valence-electron chi connectivity index (χ1n) is 21.7. The third-order valence-electron chi connectivity index (χ3n) is 13.8. The van der Waals surface area contributed by atoms with Crippen LogP contribution in [-0.2, 0) is 10.8 Å². The number of nitrogens with zero attached hydrogens (tertiary/aromatic N) is 3. The van der Waals surface area contributed by atoms with Crippen molar-refractivity contribution in [2.24, 2.45) is 0 Å². The van der Waals surface area contributed by atoms with E-state index < -0.39 is 0 Å². The first-order chi connectivity index (χ1) is 29.6. The molecule has 0 radical (unpaired) electrons. The van der Waals surface area contributed by atoms with Crippen LogP contribution in [0.2, 0.25) is 0 Å². The highest BCUT2D eigenvalue weighted by atomic mass is 15.2. The van der Waals surface area contributed by atoms with Crippen molar-refractivity contribution in [2.75, 3.05) is 4.90 Å². The molecule has 13 rings (SSSR count). The van der Waals surface area contributed by atoms with Crippen LogP contribution in [0.4, 0.5) is 17.1 Å². The van der Waals surface area contributed by atoms with E-state index >= 15 is 0 Å². The summed E-state index contributed by atoms with van der Waals surface area (Å²) >= 11 is 0. The molecule has 0 fully saturated rings. The number of benzene rings is 9. The lowest BCUT2D eigenvalue weighted by molar-refractivity contribution is 0.591. The average molecular weight is 784 g/mol. The number of anilines is 3. The topological polar surface area (TPSA) is 12.1 Å². The molecule has 3 nitrogen and oxygen atoms in total. The molecule has 0 spiro atoms. The SMILES string of the molecule is CC(C)(C)c1ccc2c(c1)c1cc3ccccc3c3c4c5c6c7ccccc7cc7c8cc(C(C)(C)C)cc(N(c9ccccc9)c9ccccc9)c8n(c5ccc4n2c13)c76. The fraction of sp³-hybridized carbons (Fsp3) is 0.138. The molecule has 61 heavy (non-hydrogen) atoms. The minimum Gasteiger partial charge on any atom is -0.308 e. The van der Waals surface area contributed by atoms with E-state index in [1.807, 2.05) is 0 Å². The molecule has 0 bridgehead atoms. The fourth-order valence-electron chi connectivity index (χ4n) is 10.9. The Morgan fingerprint density at radius 3 is 1.38 bits per heavy atom. The average Bonchev–Trinajstić information content (AvgIpc) is 3.99. The minimum atomic E-state index is -0.0808. The monoisotopic (exact) mass is 783 g/mol. The maximum Gasteiger partial charge on any atom is 0.0783 e. The van der Waals surface area contributed by atoms with E-state index in [1.165, 1.54) is 115 Å². The van der Waals surface area contributed by atoms with Gasteiger partial charge in [0, 0.05) is 54.5 Å². The summed E-state index contributed by atoms with van der Waals surface area (Å²) in [6.07, 6.45) is 0. The van der Waals surface area contributed by atoms with Crippen molar-refractivity contribution in [3.63, 3.8) is 0 Å². The zero-order valence-electron chi connectivity index (χ0n) is 35.4. The van der Waals surface area contributed by atoms with Gasteiger partial charge in [-0.05, 0) is 116 Å². The Morgan fingerprint density at radius 2 is 0.803 bits per heavy atom. The Labute approximate surface area is 354 Å². The van der Waals surface area contributed by atoms with Crippen LogP contribution in [0.25, 0.3) is 97.7 Å². The summed E-state index contributed by atoms with van der Waals surface area (Å²) < 4.78 is 5.21. The molecule has 0 amide bonds. The number of fused-ring (bicyclic) bond motifs is 17. The van der Waals surface area contributed by atoms with Crippen LogP contribution in [0.3, 0.4) is 0 Å². The lowest BCUT2D eigenvalue weighted by Crippen LogP contribution is -2.15. The van der Waals surface area contributed by atoms with Gasteiger partial charge in [0.05, 0.1) is 38.8 Å². The number of para-hydroxylation sites is 2. The summed E-state index contributed by atoms with van der Waals surface area (Å²) in [5, 5.41) is 15.7. The predicted molar refractivity (Wildman–Crippen MR) is 263 cm³/mol. The molecule has 292 valence electrons. The summed E-state index contributed by atoms with van der Waals surface area (Å²) in [6.45, 7) is 14.0. The highest BCUT2D eigenvalue weighted by Gasteiger charge is 2.30. The van der Waals surface area contributed by atoms with Gasteiger partial charge in [-0.25, -0.2) is 0 Å². The van der Waals surface area contributed by atoms with Gasteiger partial charge < -0.3 is 13.7 Å². The van der Waals surface area contributed by atoms with Crippen molar-refractivity contribution in [1.29, 1.82) is 0 Å². The van der Waals surface area contributed by atoms with Crippen LogP contribution in [0.1, 0.15) is 52.7 Å². The van der Waals surface area contributed by atoms with E-state index in [-0.39, 0.29) is 10.8 Å². The van der Waals surface area contributed by atoms with Crippen molar-refractivity contribution in [3.05, 3.63) is 175 Å². The minimum absolute atomic E-state index is 0.0459. The summed E-state index contributed by atoms with van der Waals surface area (Å²) in [4.78, 5) is 2.47. The van der Waals surface area contributed by atoms with Crippen molar-refractivity contribution < 1.29 is 0 Å². The molecule has 9 aromatic carbocycles. The summed E-state index contributed by atoms with van der Waals surface area (Å²) in [5.74, 6) is 0. The lowest BCUT2D eigenvalue weighted by Gasteiger charge is -2.29. The van der Waals surface area contributed by atoms with Crippen molar-refractivity contribution >= 4 is 115 Å². The van der Waals surface area contributed by atoms with Crippen LogP contribution in [0.15, 0.2) is 164 Å². The smallest absolute Gasteiger partial charge is 0.0783 e. The lowest BCUT2D eigenvalue weighted by atomic mass is 9.85. The molecule has 4 aromatic heterocycles. The third-order valence-corrected chi connectivity index (χ3v) is 13.8. The quantitative estimate of drug-likeness (QED) is 0.174. The first kappa shape index (κ1) is 34.7. The van der Waals surface area contributed by atoms with E-state index in [2.05, 4.69) is 219 Å². The van der Waals surface area contributed by atoms with Crippen LogP contribution in [-0.4, -0.2) is 8.80 Å². The van der Waals surface area contributed by atoms with Gasteiger partial charge in [-0.2, -0.15) is 0 Å². The van der Waals surface area contributed by atoms with Crippen molar-refractivity contribution in [2.45, 2.75) is 52.4 Å². The van der Waals surface area contributed by atoms with E-state index in [0.29, 0.717) is 0 Å². The molecule has 0 aliphatic carbocycles. The second-order valence-electron chi connectivity index (χ2n) is 19.4. The molecule has 0 saturated heterocycles. The van der Waals surface area contributed by atoms with Gasteiger partial charge in [0.2, 0.25) is 0 Å². The molecule has 0 aliphatic rings. The van der Waals surface area contributed by atoms with Crippen molar-refractivity contribution in [1.82, 2.24) is 8.80 Å². The number of hydrogen-bond donors (Lipinski definition) is 0. The summed E-state index contributed by atoms with van der Waals surface area (Å²) in [7, 11) is 0. The van der Waals surface area contributed by atoms with Gasteiger partial charge in [0.15, 0.2) is 0 Å². The summed E-state index contributed by atoms with van der Waals surface area (Å²) in [6, 6.07) is 61.8. The number of hydrogen-bond acceptors (Lipinski definition) is 1. The van der Waals surface area contributed by atoms with Crippen molar-refractivity contribution in [3.8, 4) is 0 Å². The van der Waals surface area contributed by atoms with E-state index in [1.54, 1.807) is 0 Å². The summed E-state index contributed by atoms with van der Waals surface area (Å²) in [5.41, 5.74) is 13.7. The maximum absolute atomic E-state index is 2.63. The zero-order chi connectivity index (χ0) is 41.1. The Balaban J connectivity index is 1.30. The molecule has 3 heteroatoms. The Morgan fingerprint density at radius 1 is 0.344 bits per heavy atom. The van der Waals surface area contributed by atoms with Crippen LogP contribution >= 0.6 is 0 Å². The highest BCUT2D eigenvalue weighted by molar-refractivity contribution is 6.42. The van der Waals surface area contributed by atoms with Crippen LogP contribution in [0, 0.1) is 0 Å². The molecule has 0 saturated carbocycles. The predicted octanol–water partition coefficient (Wildman–Crippen LogP) is 16.4.